The van der Waals surface area contributed by atoms with E-state index in [1.54, 1.807) is 0 Å². The van der Waals surface area contributed by atoms with Gasteiger partial charge in [0.15, 0.2) is 0 Å². The maximum absolute atomic E-state index is 12.9. The predicted molar refractivity (Wildman–Crippen MR) is 67.5 cm³/mol. The van der Waals surface area contributed by atoms with Crippen LogP contribution < -0.4 is 0 Å². The molecule has 21 heavy (non-hydrogen) atoms. The first-order valence-corrected chi connectivity index (χ1v) is 6.38. The minimum atomic E-state index is -4.59. The van der Waals surface area contributed by atoms with E-state index in [-0.39, 0.29) is 13.1 Å². The molecule has 2 rings (SSSR count). The fourth-order valence-electron chi connectivity index (χ4n) is 2.39. The maximum Gasteiger partial charge on any atom is 0.417 e. The Morgan fingerprint density at radius 1 is 1.29 bits per heavy atom. The normalized spacial score (nSPS) is 18.7. The molecule has 114 valence electrons. The van der Waals surface area contributed by atoms with Crippen LogP contribution in [0.4, 0.5) is 13.2 Å². The Labute approximate surface area is 119 Å². The van der Waals surface area contributed by atoms with Gasteiger partial charge in [-0.3, -0.25) is 9.59 Å². The summed E-state index contributed by atoms with van der Waals surface area (Å²) < 4.78 is 43.3. The molecule has 1 aliphatic heterocycles. The first-order valence-electron chi connectivity index (χ1n) is 6.38. The lowest BCUT2D eigenvalue weighted by atomic mass is 10.1. The number of likely N-dealkylation sites (tertiary alicyclic amines) is 1. The first kappa shape index (κ1) is 15.3. The third-order valence-electron chi connectivity index (χ3n) is 3.47. The molecule has 1 aliphatic rings. The molecule has 0 radical (unpaired) electrons. The van der Waals surface area contributed by atoms with Gasteiger partial charge in [-0.05, 0) is 18.6 Å². The number of halogens is 3. The van der Waals surface area contributed by atoms with E-state index < -0.39 is 35.1 Å². The fourth-order valence-corrected chi connectivity index (χ4v) is 2.39. The summed E-state index contributed by atoms with van der Waals surface area (Å²) in [7, 11) is 1.24. The lowest BCUT2D eigenvalue weighted by molar-refractivity contribution is -0.145. The van der Waals surface area contributed by atoms with Crippen LogP contribution >= 0.6 is 0 Å². The SMILES string of the molecule is COC(=O)C1CCN(C(=O)c2ccccc2C(F)(F)F)C1. The topological polar surface area (TPSA) is 46.6 Å². The van der Waals surface area contributed by atoms with Gasteiger partial charge >= 0.3 is 12.1 Å². The number of rotatable bonds is 2. The highest BCUT2D eigenvalue weighted by molar-refractivity contribution is 5.96. The molecule has 0 aromatic heterocycles. The van der Waals surface area contributed by atoms with E-state index in [9.17, 15) is 22.8 Å². The first-order chi connectivity index (χ1) is 9.84. The van der Waals surface area contributed by atoms with Crippen molar-refractivity contribution in [1.82, 2.24) is 4.90 Å². The molecule has 1 aromatic carbocycles. The van der Waals surface area contributed by atoms with Crippen molar-refractivity contribution >= 4 is 11.9 Å². The highest BCUT2D eigenvalue weighted by Gasteiger charge is 2.38. The summed E-state index contributed by atoms with van der Waals surface area (Å²) in [6.07, 6.45) is -4.19. The number of esters is 1. The monoisotopic (exact) mass is 301 g/mol. The van der Waals surface area contributed by atoms with Gasteiger partial charge in [0, 0.05) is 13.1 Å². The summed E-state index contributed by atoms with van der Waals surface area (Å²) in [5, 5.41) is 0. The van der Waals surface area contributed by atoms with Crippen LogP contribution in [0, 0.1) is 5.92 Å². The summed E-state index contributed by atoms with van der Waals surface area (Å²) in [6, 6.07) is 4.65. The summed E-state index contributed by atoms with van der Waals surface area (Å²) in [4.78, 5) is 24.9. The van der Waals surface area contributed by atoms with Crippen molar-refractivity contribution in [2.24, 2.45) is 5.92 Å². The molecule has 1 saturated heterocycles. The van der Waals surface area contributed by atoms with Crippen LogP contribution in [0.5, 0.6) is 0 Å². The van der Waals surface area contributed by atoms with Gasteiger partial charge in [-0.25, -0.2) is 0 Å². The second kappa shape index (κ2) is 5.75. The fraction of sp³-hybridized carbons (Fsp3) is 0.429. The molecule has 0 bridgehead atoms. The molecule has 0 saturated carbocycles. The van der Waals surface area contributed by atoms with E-state index in [4.69, 9.17) is 0 Å². The third kappa shape index (κ3) is 3.17. The van der Waals surface area contributed by atoms with Gasteiger partial charge in [0.05, 0.1) is 24.2 Å². The van der Waals surface area contributed by atoms with Crippen molar-refractivity contribution in [3.05, 3.63) is 35.4 Å². The number of carbonyl (C=O) groups is 2. The van der Waals surface area contributed by atoms with Gasteiger partial charge in [-0.15, -0.1) is 0 Å². The lowest BCUT2D eigenvalue weighted by Crippen LogP contribution is -2.31. The van der Waals surface area contributed by atoms with Crippen molar-refractivity contribution in [2.45, 2.75) is 12.6 Å². The van der Waals surface area contributed by atoms with Crippen LogP contribution in [0.15, 0.2) is 24.3 Å². The smallest absolute Gasteiger partial charge is 0.417 e. The second-order valence-electron chi connectivity index (χ2n) is 4.80. The van der Waals surface area contributed by atoms with Crippen LogP contribution in [0.3, 0.4) is 0 Å². The van der Waals surface area contributed by atoms with E-state index >= 15 is 0 Å². The number of alkyl halides is 3. The summed E-state index contributed by atoms with van der Waals surface area (Å²) in [5.41, 5.74) is -1.35. The van der Waals surface area contributed by atoms with Gasteiger partial charge in [0.2, 0.25) is 0 Å². The number of methoxy groups -OCH3 is 1. The van der Waals surface area contributed by atoms with E-state index in [1.165, 1.54) is 24.1 Å². The lowest BCUT2D eigenvalue weighted by Gasteiger charge is -2.19. The number of nitrogens with zero attached hydrogens (tertiary/aromatic N) is 1. The Balaban J connectivity index is 2.21. The van der Waals surface area contributed by atoms with Crippen molar-refractivity contribution in [1.29, 1.82) is 0 Å². The van der Waals surface area contributed by atoms with Crippen molar-refractivity contribution < 1.29 is 27.5 Å². The van der Waals surface area contributed by atoms with Crippen molar-refractivity contribution in [3.8, 4) is 0 Å². The number of hydrogen-bond donors (Lipinski definition) is 0. The van der Waals surface area contributed by atoms with Crippen LogP contribution in [0.25, 0.3) is 0 Å². The summed E-state index contributed by atoms with van der Waals surface area (Å²) >= 11 is 0. The molecule has 1 heterocycles. The van der Waals surface area contributed by atoms with Crippen LogP contribution in [-0.2, 0) is 15.7 Å². The maximum atomic E-state index is 12.9. The molecule has 1 atom stereocenters. The molecule has 7 heteroatoms. The Morgan fingerprint density at radius 3 is 2.57 bits per heavy atom. The predicted octanol–water partition coefficient (Wildman–Crippen LogP) is 2.34. The second-order valence-corrected chi connectivity index (χ2v) is 4.80. The van der Waals surface area contributed by atoms with E-state index in [1.807, 2.05) is 0 Å². The average Bonchev–Trinajstić information content (AvgIpc) is 2.94. The van der Waals surface area contributed by atoms with Gasteiger partial charge in [0.25, 0.3) is 5.91 Å². The van der Waals surface area contributed by atoms with Crippen LogP contribution in [0.1, 0.15) is 22.3 Å². The highest BCUT2D eigenvalue weighted by Crippen LogP contribution is 2.33. The zero-order chi connectivity index (χ0) is 15.6. The summed E-state index contributed by atoms with van der Waals surface area (Å²) in [5.74, 6) is -1.64. The molecule has 0 spiro atoms. The van der Waals surface area contributed by atoms with Crippen molar-refractivity contribution in [2.75, 3.05) is 20.2 Å². The molecular weight excluding hydrogens is 287 g/mol. The van der Waals surface area contributed by atoms with E-state index in [0.717, 1.165) is 12.1 Å². The minimum absolute atomic E-state index is 0.0810. The highest BCUT2D eigenvalue weighted by atomic mass is 19.4. The Hall–Kier alpha value is -2.05. The number of carbonyl (C=O) groups excluding carboxylic acids is 2. The van der Waals surface area contributed by atoms with Crippen molar-refractivity contribution in [3.63, 3.8) is 0 Å². The summed E-state index contributed by atoms with van der Waals surface area (Å²) in [6.45, 7) is 0.322. The Bertz CT molecular complexity index is 557. The molecule has 1 aromatic rings. The molecule has 0 aliphatic carbocycles. The number of hydrogen-bond acceptors (Lipinski definition) is 3. The Kier molecular flexibility index (Phi) is 4.20. The van der Waals surface area contributed by atoms with Gasteiger partial charge in [-0.1, -0.05) is 12.1 Å². The molecule has 1 amide bonds. The average molecular weight is 301 g/mol. The third-order valence-corrected chi connectivity index (χ3v) is 3.47. The zero-order valence-electron chi connectivity index (χ0n) is 11.3. The van der Waals surface area contributed by atoms with Gasteiger partial charge < -0.3 is 9.64 Å². The van der Waals surface area contributed by atoms with Gasteiger partial charge in [-0.2, -0.15) is 13.2 Å². The zero-order valence-corrected chi connectivity index (χ0v) is 11.3. The molecule has 0 N–H and O–H groups in total. The van der Waals surface area contributed by atoms with E-state index in [2.05, 4.69) is 4.74 Å². The van der Waals surface area contributed by atoms with E-state index in [0.29, 0.717) is 6.42 Å². The molecule has 1 fully saturated rings. The largest absolute Gasteiger partial charge is 0.469 e. The molecule has 1 unspecified atom stereocenters. The quantitative estimate of drug-likeness (QED) is 0.788. The molecular formula is C14H14F3NO3. The number of ether oxygens (including phenoxy) is 1. The Morgan fingerprint density at radius 2 is 1.95 bits per heavy atom. The number of amides is 1. The van der Waals surface area contributed by atoms with Crippen LogP contribution in [-0.4, -0.2) is 37.0 Å². The van der Waals surface area contributed by atoms with Crippen LogP contribution in [0.2, 0.25) is 0 Å². The van der Waals surface area contributed by atoms with Gasteiger partial charge in [0.1, 0.15) is 0 Å². The standard InChI is InChI=1S/C14H14F3NO3/c1-21-13(20)9-6-7-18(8-9)12(19)10-4-2-3-5-11(10)14(15,16)17/h2-5,9H,6-8H2,1H3. The molecule has 4 nitrogen and oxygen atoms in total. The number of benzene rings is 1. The minimum Gasteiger partial charge on any atom is -0.469 e.